The van der Waals surface area contributed by atoms with Crippen molar-refractivity contribution in [1.82, 2.24) is 28.6 Å². The Morgan fingerprint density at radius 2 is 1.64 bits per heavy atom. The molecule has 0 spiro atoms. The van der Waals surface area contributed by atoms with Gasteiger partial charge in [0.05, 0.1) is 34.2 Å². The first kappa shape index (κ1) is 39.2. The van der Waals surface area contributed by atoms with Crippen LogP contribution in [-0.4, -0.2) is 85.9 Å². The summed E-state index contributed by atoms with van der Waals surface area (Å²) in [5, 5.41) is 11.9. The number of aromatic nitrogens is 3. The van der Waals surface area contributed by atoms with E-state index in [1.807, 2.05) is 87.6 Å². The number of para-hydroxylation sites is 3. The zero-order chi connectivity index (χ0) is 39.5. The van der Waals surface area contributed by atoms with E-state index >= 15 is 0 Å². The van der Waals surface area contributed by atoms with Crippen molar-refractivity contribution < 1.29 is 22.9 Å². The van der Waals surface area contributed by atoms with Crippen molar-refractivity contribution >= 4 is 32.8 Å². The molecule has 1 saturated heterocycles. The van der Waals surface area contributed by atoms with Crippen LogP contribution in [0.4, 0.5) is 10.5 Å². The molecule has 14 heteroatoms. The Bertz CT molecular complexity index is 2280. The maximum atomic E-state index is 14.3. The van der Waals surface area contributed by atoms with Gasteiger partial charge in [-0.05, 0) is 101 Å². The Hall–Kier alpha value is -5.02. The van der Waals surface area contributed by atoms with Gasteiger partial charge in [-0.3, -0.25) is 20.0 Å². The number of aryl methyl sites for hydroxylation is 1. The standard InChI is InChI=1S/C42H49N7O6S/c1-42(2,3)55-41(50)48-35-18-8-7-17-34(35)44-39(48)30-46(37-20-11-15-32-16-12-24-43-40(32)37)28-27-45-25-22-33(23-26-45)47(29-31-13-5-4-6-14-31)56(53,54)38-21-10-9-19-36(38)49(51)52/h4-10,12-14,16-19,21,24,33,37H,11,15,20,22-23,25-30H2,1-3H3. The van der Waals surface area contributed by atoms with Crippen molar-refractivity contribution in [1.29, 1.82) is 0 Å². The molecule has 294 valence electrons. The van der Waals surface area contributed by atoms with E-state index in [1.54, 1.807) is 4.57 Å². The van der Waals surface area contributed by atoms with E-state index in [4.69, 9.17) is 14.7 Å². The van der Waals surface area contributed by atoms with Crippen molar-refractivity contribution in [3.8, 4) is 0 Å². The third kappa shape index (κ3) is 8.68. The highest BCUT2D eigenvalue weighted by Gasteiger charge is 2.38. The predicted octanol–water partition coefficient (Wildman–Crippen LogP) is 7.36. The molecular formula is C42H49N7O6S. The van der Waals surface area contributed by atoms with E-state index < -0.39 is 32.3 Å². The van der Waals surface area contributed by atoms with Crippen molar-refractivity contribution in [2.45, 2.75) is 88.5 Å². The Labute approximate surface area is 328 Å². The highest BCUT2D eigenvalue weighted by molar-refractivity contribution is 7.89. The van der Waals surface area contributed by atoms with Crippen molar-refractivity contribution in [3.63, 3.8) is 0 Å². The summed E-state index contributed by atoms with van der Waals surface area (Å²) in [6.07, 6.45) is 5.39. The molecule has 0 saturated carbocycles. The molecule has 2 aromatic heterocycles. The second-order valence-electron chi connectivity index (χ2n) is 15.6. The van der Waals surface area contributed by atoms with Gasteiger partial charge in [0.25, 0.3) is 5.69 Å². The monoisotopic (exact) mass is 779 g/mol. The summed E-state index contributed by atoms with van der Waals surface area (Å²) in [4.78, 5) is 39.3. The van der Waals surface area contributed by atoms with E-state index in [0.717, 1.165) is 30.5 Å². The van der Waals surface area contributed by atoms with Gasteiger partial charge >= 0.3 is 6.09 Å². The number of nitro groups is 1. The van der Waals surface area contributed by atoms with Crippen LogP contribution in [0, 0.1) is 10.1 Å². The number of piperidine rings is 1. The fourth-order valence-electron chi connectivity index (χ4n) is 7.99. The van der Waals surface area contributed by atoms with Crippen molar-refractivity contribution in [3.05, 3.63) is 130 Å². The zero-order valence-corrected chi connectivity index (χ0v) is 33.0. The van der Waals surface area contributed by atoms with Crippen LogP contribution in [-0.2, 0) is 34.3 Å². The summed E-state index contributed by atoms with van der Waals surface area (Å²) < 4.78 is 37.5. The number of nitro benzene ring substituents is 1. The van der Waals surface area contributed by atoms with Gasteiger partial charge in [-0.1, -0.05) is 60.7 Å². The normalized spacial score (nSPS) is 17.0. The number of rotatable bonds is 12. The first-order valence-electron chi connectivity index (χ1n) is 19.3. The summed E-state index contributed by atoms with van der Waals surface area (Å²) in [5.74, 6) is 0.596. The van der Waals surface area contributed by atoms with E-state index in [9.17, 15) is 23.3 Å². The number of imidazole rings is 1. The molecule has 3 heterocycles. The molecule has 0 N–H and O–H groups in total. The fourth-order valence-corrected chi connectivity index (χ4v) is 9.82. The number of carbonyl (C=O) groups excluding carboxylic acids is 1. The summed E-state index contributed by atoms with van der Waals surface area (Å²) in [7, 11) is -4.22. The van der Waals surface area contributed by atoms with Gasteiger partial charge in [-0.15, -0.1) is 0 Å². The van der Waals surface area contributed by atoms with Crippen LogP contribution < -0.4 is 0 Å². The number of sulfonamides is 1. The second kappa shape index (κ2) is 16.6. The molecule has 3 aromatic carbocycles. The molecule has 1 atom stereocenters. The molecule has 1 aliphatic carbocycles. The predicted molar refractivity (Wildman–Crippen MR) is 213 cm³/mol. The Kier molecular flexibility index (Phi) is 11.6. The molecule has 7 rings (SSSR count). The number of hydrogen-bond acceptors (Lipinski definition) is 10. The van der Waals surface area contributed by atoms with Crippen LogP contribution in [0.1, 0.15) is 75.1 Å². The molecule has 1 unspecified atom stereocenters. The first-order valence-corrected chi connectivity index (χ1v) is 20.7. The van der Waals surface area contributed by atoms with E-state index in [2.05, 4.69) is 15.9 Å². The van der Waals surface area contributed by atoms with Gasteiger partial charge in [0.15, 0.2) is 4.90 Å². The molecule has 1 fully saturated rings. The topological polar surface area (TPSA) is 144 Å². The molecule has 5 aromatic rings. The van der Waals surface area contributed by atoms with Gasteiger partial charge in [0.1, 0.15) is 11.4 Å². The molecular weight excluding hydrogens is 731 g/mol. The lowest BCUT2D eigenvalue weighted by molar-refractivity contribution is -0.387. The Balaban J connectivity index is 1.13. The quantitative estimate of drug-likeness (QED) is 0.0931. The highest BCUT2D eigenvalue weighted by Crippen LogP contribution is 2.35. The lowest BCUT2D eigenvalue weighted by Gasteiger charge is -2.40. The SMILES string of the molecule is CC(C)(C)OC(=O)n1c(CN(CCN2CCC(N(Cc3ccccc3)S(=O)(=O)c3ccccc3[N+](=O)[O-])CC2)C2CCCc3cccnc32)nc2ccccc21. The number of fused-ring (bicyclic) bond motifs is 2. The Morgan fingerprint density at radius 1 is 0.929 bits per heavy atom. The lowest BCUT2D eigenvalue weighted by Crippen LogP contribution is -2.48. The van der Waals surface area contributed by atoms with Crippen LogP contribution in [0.25, 0.3) is 11.0 Å². The minimum atomic E-state index is -4.22. The number of likely N-dealkylation sites (tertiary alicyclic amines) is 1. The van der Waals surface area contributed by atoms with Crippen molar-refractivity contribution in [2.75, 3.05) is 26.2 Å². The number of nitrogens with zero attached hydrogens (tertiary/aromatic N) is 7. The molecule has 0 radical (unpaired) electrons. The van der Waals surface area contributed by atoms with Gasteiger partial charge in [-0.25, -0.2) is 22.8 Å². The van der Waals surface area contributed by atoms with Gasteiger partial charge < -0.3 is 9.64 Å². The minimum Gasteiger partial charge on any atom is -0.443 e. The number of benzene rings is 3. The van der Waals surface area contributed by atoms with Crippen LogP contribution in [0.5, 0.6) is 0 Å². The third-order valence-electron chi connectivity index (χ3n) is 10.7. The van der Waals surface area contributed by atoms with Gasteiger partial charge in [-0.2, -0.15) is 4.31 Å². The Morgan fingerprint density at radius 3 is 2.39 bits per heavy atom. The zero-order valence-electron chi connectivity index (χ0n) is 32.2. The summed E-state index contributed by atoms with van der Waals surface area (Å²) >= 11 is 0. The second-order valence-corrected chi connectivity index (χ2v) is 17.5. The minimum absolute atomic E-state index is 0.0116. The van der Waals surface area contributed by atoms with E-state index in [1.165, 1.54) is 34.1 Å². The van der Waals surface area contributed by atoms with E-state index in [-0.39, 0.29) is 23.5 Å². The van der Waals surface area contributed by atoms with Crippen LogP contribution in [0.2, 0.25) is 0 Å². The van der Waals surface area contributed by atoms with Gasteiger partial charge in [0, 0.05) is 37.9 Å². The summed E-state index contributed by atoms with van der Waals surface area (Å²) in [6.45, 7) is 8.71. The lowest BCUT2D eigenvalue weighted by atomic mass is 9.90. The number of ether oxygens (including phenoxy) is 1. The average molecular weight is 780 g/mol. The van der Waals surface area contributed by atoms with Gasteiger partial charge in [0.2, 0.25) is 10.0 Å². The number of carbonyl (C=O) groups is 1. The molecule has 56 heavy (non-hydrogen) atoms. The average Bonchev–Trinajstić information content (AvgIpc) is 3.56. The summed E-state index contributed by atoms with van der Waals surface area (Å²) in [5.41, 5.74) is 3.38. The van der Waals surface area contributed by atoms with Crippen LogP contribution in [0.3, 0.4) is 0 Å². The maximum absolute atomic E-state index is 14.3. The fraction of sp³-hybridized carbons (Fsp3) is 0.405. The van der Waals surface area contributed by atoms with Crippen LogP contribution in [0.15, 0.2) is 102 Å². The largest absolute Gasteiger partial charge is 0.443 e. The van der Waals surface area contributed by atoms with E-state index in [0.29, 0.717) is 62.4 Å². The number of pyridine rings is 1. The third-order valence-corrected chi connectivity index (χ3v) is 12.6. The maximum Gasteiger partial charge on any atom is 0.420 e. The summed E-state index contributed by atoms with van der Waals surface area (Å²) in [6, 6.07) is 26.3. The molecule has 1 aliphatic heterocycles. The molecule has 13 nitrogen and oxygen atoms in total. The first-order chi connectivity index (χ1) is 26.9. The van der Waals surface area contributed by atoms with Crippen molar-refractivity contribution in [2.24, 2.45) is 0 Å². The number of hydrogen-bond donors (Lipinski definition) is 0. The molecule has 2 aliphatic rings. The highest BCUT2D eigenvalue weighted by atomic mass is 32.2. The smallest absolute Gasteiger partial charge is 0.420 e. The van der Waals surface area contributed by atoms with Crippen LogP contribution >= 0.6 is 0 Å². The molecule has 0 bridgehead atoms. The molecule has 0 amide bonds.